The molecule has 1 aromatic heterocycles. The Hall–Kier alpha value is -4.34. The third-order valence-corrected chi connectivity index (χ3v) is 7.30. The van der Waals surface area contributed by atoms with Gasteiger partial charge in [-0.2, -0.15) is 0 Å². The second-order valence-corrected chi connectivity index (χ2v) is 9.80. The first-order valence-corrected chi connectivity index (χ1v) is 13.4. The van der Waals surface area contributed by atoms with Gasteiger partial charge in [-0.15, -0.1) is 0 Å². The maximum atomic E-state index is 14.2. The summed E-state index contributed by atoms with van der Waals surface area (Å²) in [4.78, 5) is 29.7. The number of amides is 2. The Morgan fingerprint density at radius 3 is 2.33 bits per heavy atom. The second-order valence-electron chi connectivity index (χ2n) is 9.80. The van der Waals surface area contributed by atoms with Crippen molar-refractivity contribution in [2.45, 2.75) is 50.7 Å². The number of nitrogens with zero attached hydrogens (tertiary/aromatic N) is 1. The van der Waals surface area contributed by atoms with Crippen molar-refractivity contribution in [2.75, 3.05) is 28.1 Å². The lowest BCUT2D eigenvalue weighted by Crippen LogP contribution is -2.46. The fourth-order valence-electron chi connectivity index (χ4n) is 5.32. The third-order valence-electron chi connectivity index (χ3n) is 7.30. The Kier molecular flexibility index (Phi) is 8.33. The highest BCUT2D eigenvalue weighted by Gasteiger charge is 2.36. The first-order valence-electron chi connectivity index (χ1n) is 13.4. The number of nitrogens with one attached hydrogen (secondary N) is 1. The maximum Gasteiger partial charge on any atom is 0.290 e. The van der Waals surface area contributed by atoms with Crippen LogP contribution in [0.2, 0.25) is 0 Å². The molecule has 0 spiro atoms. The summed E-state index contributed by atoms with van der Waals surface area (Å²) in [5, 5.41) is 3.21. The zero-order valence-electron chi connectivity index (χ0n) is 22.9. The topological polar surface area (TPSA) is 109 Å². The molecule has 40 heavy (non-hydrogen) atoms. The van der Waals surface area contributed by atoms with Crippen LogP contribution in [0, 0.1) is 0 Å². The van der Waals surface area contributed by atoms with Crippen molar-refractivity contribution in [3.05, 3.63) is 65.6 Å². The minimum absolute atomic E-state index is 0.0249. The van der Waals surface area contributed by atoms with Crippen molar-refractivity contribution < 1.29 is 37.7 Å². The highest BCUT2D eigenvalue weighted by atomic mass is 16.7. The molecule has 2 amide bonds. The predicted molar refractivity (Wildman–Crippen MR) is 145 cm³/mol. The number of fused-ring (bicyclic) bond motifs is 1. The first-order chi connectivity index (χ1) is 19.5. The van der Waals surface area contributed by atoms with Gasteiger partial charge in [0, 0.05) is 12.6 Å². The molecule has 1 N–H and O–H groups in total. The molecular formula is C30H34N2O8. The van der Waals surface area contributed by atoms with E-state index in [9.17, 15) is 9.59 Å². The Balaban J connectivity index is 1.60. The Labute approximate surface area is 233 Å². The van der Waals surface area contributed by atoms with Gasteiger partial charge in [-0.1, -0.05) is 25.3 Å². The third kappa shape index (κ3) is 5.66. The summed E-state index contributed by atoms with van der Waals surface area (Å²) in [6, 6.07) is 11.1. The van der Waals surface area contributed by atoms with Gasteiger partial charge >= 0.3 is 0 Å². The monoisotopic (exact) mass is 550 g/mol. The fourth-order valence-corrected chi connectivity index (χ4v) is 5.32. The molecule has 0 bridgehead atoms. The summed E-state index contributed by atoms with van der Waals surface area (Å²) in [5.41, 5.74) is 1.26. The van der Waals surface area contributed by atoms with Gasteiger partial charge in [-0.05, 0) is 60.4 Å². The van der Waals surface area contributed by atoms with Crippen LogP contribution in [0.1, 0.15) is 59.8 Å². The van der Waals surface area contributed by atoms with Gasteiger partial charge in [0.1, 0.15) is 6.04 Å². The van der Waals surface area contributed by atoms with Crippen molar-refractivity contribution in [2.24, 2.45) is 0 Å². The fraction of sp³-hybridized carbons (Fsp3) is 0.400. The van der Waals surface area contributed by atoms with Crippen LogP contribution < -0.4 is 29.0 Å². The van der Waals surface area contributed by atoms with Crippen molar-refractivity contribution in [3.63, 3.8) is 0 Å². The summed E-state index contributed by atoms with van der Waals surface area (Å²) in [7, 11) is 4.53. The number of benzene rings is 2. The first kappa shape index (κ1) is 27.2. The highest BCUT2D eigenvalue weighted by Crippen LogP contribution is 2.42. The Morgan fingerprint density at radius 2 is 1.68 bits per heavy atom. The van der Waals surface area contributed by atoms with Crippen LogP contribution in [0.25, 0.3) is 0 Å². The van der Waals surface area contributed by atoms with Gasteiger partial charge in [0.05, 0.1) is 27.6 Å². The average molecular weight is 551 g/mol. The summed E-state index contributed by atoms with van der Waals surface area (Å²) in [6.45, 7) is 0.223. The molecule has 1 aliphatic heterocycles. The predicted octanol–water partition coefficient (Wildman–Crippen LogP) is 4.87. The van der Waals surface area contributed by atoms with E-state index in [-0.39, 0.29) is 31.0 Å². The zero-order valence-corrected chi connectivity index (χ0v) is 22.9. The summed E-state index contributed by atoms with van der Waals surface area (Å²) >= 11 is 0. The highest BCUT2D eigenvalue weighted by molar-refractivity contribution is 5.96. The van der Waals surface area contributed by atoms with E-state index in [1.807, 2.05) is 12.1 Å². The summed E-state index contributed by atoms with van der Waals surface area (Å²) in [6.07, 6.45) is 6.46. The molecule has 2 aliphatic rings. The molecule has 2 heterocycles. The van der Waals surface area contributed by atoms with E-state index in [1.54, 1.807) is 30.3 Å². The lowest BCUT2D eigenvalue weighted by atomic mass is 9.94. The molecule has 1 saturated carbocycles. The minimum atomic E-state index is -1.04. The van der Waals surface area contributed by atoms with E-state index in [4.69, 9.17) is 28.1 Å². The van der Waals surface area contributed by atoms with Crippen molar-refractivity contribution in [1.82, 2.24) is 10.2 Å². The number of rotatable bonds is 10. The molecule has 3 aromatic rings. The van der Waals surface area contributed by atoms with Crippen LogP contribution in [0.4, 0.5) is 0 Å². The molecule has 1 aliphatic carbocycles. The molecule has 0 radical (unpaired) electrons. The lowest BCUT2D eigenvalue weighted by molar-refractivity contribution is -0.127. The van der Waals surface area contributed by atoms with E-state index in [0.29, 0.717) is 34.3 Å². The van der Waals surface area contributed by atoms with E-state index in [2.05, 4.69) is 5.32 Å². The van der Waals surface area contributed by atoms with Crippen LogP contribution in [-0.4, -0.2) is 50.9 Å². The van der Waals surface area contributed by atoms with Gasteiger partial charge in [-0.3, -0.25) is 9.59 Å². The van der Waals surface area contributed by atoms with Gasteiger partial charge < -0.3 is 38.3 Å². The number of ether oxygens (including phenoxy) is 5. The van der Waals surface area contributed by atoms with Gasteiger partial charge in [0.15, 0.2) is 28.8 Å². The molecule has 1 fully saturated rings. The molecule has 5 rings (SSSR count). The summed E-state index contributed by atoms with van der Waals surface area (Å²) in [5.74, 6) is 1.72. The molecular weight excluding hydrogens is 516 g/mol. The van der Waals surface area contributed by atoms with E-state index in [0.717, 1.165) is 37.7 Å². The van der Waals surface area contributed by atoms with Crippen LogP contribution in [0.5, 0.6) is 28.7 Å². The molecule has 1 atom stereocenters. The molecule has 212 valence electrons. The van der Waals surface area contributed by atoms with Crippen LogP contribution >= 0.6 is 0 Å². The van der Waals surface area contributed by atoms with Crippen LogP contribution in [-0.2, 0) is 11.3 Å². The normalized spacial score (nSPS) is 15.3. The average Bonchev–Trinajstić information content (AvgIpc) is 3.69. The molecule has 2 aromatic carbocycles. The number of carbonyl (C=O) groups excluding carboxylic acids is 2. The largest absolute Gasteiger partial charge is 0.493 e. The molecule has 0 saturated heterocycles. The number of hydrogen-bond donors (Lipinski definition) is 1. The minimum Gasteiger partial charge on any atom is -0.493 e. The zero-order chi connectivity index (χ0) is 28.1. The van der Waals surface area contributed by atoms with Gasteiger partial charge in [0.2, 0.25) is 18.4 Å². The number of furan rings is 1. The van der Waals surface area contributed by atoms with Crippen LogP contribution in [0.15, 0.2) is 53.1 Å². The molecule has 10 heteroatoms. The SMILES string of the molecule is COc1cc([C@H](C(=O)NC2CCCCC2)N(Cc2ccc3c(c2)OCO3)C(=O)c2ccco2)cc(OC)c1OC. The number of methoxy groups -OCH3 is 3. The number of carbonyl (C=O) groups is 2. The smallest absolute Gasteiger partial charge is 0.290 e. The maximum absolute atomic E-state index is 14.2. The molecule has 10 nitrogen and oxygen atoms in total. The van der Waals surface area contributed by atoms with E-state index in [1.165, 1.54) is 32.5 Å². The standard InChI is InChI=1S/C30H34N2O8/c1-35-25-15-20(16-26(36-2)28(25)37-3)27(29(33)31-21-8-5-4-6-9-21)32(30(34)23-10-7-13-38-23)17-19-11-12-22-24(14-19)40-18-39-22/h7,10-16,21,27H,4-6,8-9,17-18H2,1-3H3,(H,31,33)/t27-/m1/s1. The van der Waals surface area contributed by atoms with Crippen molar-refractivity contribution in [1.29, 1.82) is 0 Å². The van der Waals surface area contributed by atoms with Crippen molar-refractivity contribution >= 4 is 11.8 Å². The van der Waals surface area contributed by atoms with Gasteiger partial charge in [0.25, 0.3) is 5.91 Å². The quantitative estimate of drug-likeness (QED) is 0.381. The van der Waals surface area contributed by atoms with Crippen molar-refractivity contribution in [3.8, 4) is 28.7 Å². The lowest BCUT2D eigenvalue weighted by Gasteiger charge is -2.33. The van der Waals surface area contributed by atoms with Gasteiger partial charge in [-0.25, -0.2) is 0 Å². The number of hydrogen-bond acceptors (Lipinski definition) is 8. The molecule has 0 unspecified atom stereocenters. The van der Waals surface area contributed by atoms with Crippen LogP contribution in [0.3, 0.4) is 0 Å². The van der Waals surface area contributed by atoms with E-state index >= 15 is 0 Å². The van der Waals surface area contributed by atoms with E-state index < -0.39 is 11.9 Å². The Morgan fingerprint density at radius 1 is 0.950 bits per heavy atom. The Bertz CT molecular complexity index is 1310. The summed E-state index contributed by atoms with van der Waals surface area (Å²) < 4.78 is 33.2. The second kappa shape index (κ2) is 12.2.